The van der Waals surface area contributed by atoms with Crippen LogP contribution in [0.5, 0.6) is 0 Å². The third kappa shape index (κ3) is 3.88. The third-order valence-electron chi connectivity index (χ3n) is 3.61. The van der Waals surface area contributed by atoms with Gasteiger partial charge in [-0.3, -0.25) is 9.59 Å². The normalized spacial score (nSPS) is 22.0. The highest BCUT2D eigenvalue weighted by Crippen LogP contribution is 2.23. The molecule has 1 aliphatic heterocycles. The van der Waals surface area contributed by atoms with Crippen LogP contribution in [0.3, 0.4) is 0 Å². The van der Waals surface area contributed by atoms with E-state index in [1.807, 2.05) is 0 Å². The van der Waals surface area contributed by atoms with Crippen LogP contribution in [-0.2, 0) is 9.59 Å². The van der Waals surface area contributed by atoms with Crippen molar-refractivity contribution in [3.63, 3.8) is 0 Å². The molecule has 1 aromatic carbocycles. The standard InChI is InChI=1S/C15H20ClN3O2/c1-9-5-10(2)8-19(7-9)15(21)14(20)18-11-3-4-13(17)12(16)6-11/h3-4,6,9-10H,5,7-8,17H2,1-2H3,(H,18,20). The summed E-state index contributed by atoms with van der Waals surface area (Å²) in [6.07, 6.45) is 1.08. The summed E-state index contributed by atoms with van der Waals surface area (Å²) in [5.41, 5.74) is 6.50. The molecular formula is C15H20ClN3O2. The summed E-state index contributed by atoms with van der Waals surface area (Å²) in [5, 5.41) is 2.91. The summed E-state index contributed by atoms with van der Waals surface area (Å²) in [4.78, 5) is 25.9. The van der Waals surface area contributed by atoms with Gasteiger partial charge in [0.1, 0.15) is 0 Å². The molecule has 2 rings (SSSR count). The maximum Gasteiger partial charge on any atom is 0.313 e. The van der Waals surface area contributed by atoms with Crippen LogP contribution >= 0.6 is 11.6 Å². The predicted octanol–water partition coefficient (Wildman–Crippen LogP) is 2.37. The summed E-state index contributed by atoms with van der Waals surface area (Å²) in [6, 6.07) is 4.74. The number of nitrogens with one attached hydrogen (secondary N) is 1. The molecule has 0 bridgehead atoms. The molecule has 0 radical (unpaired) electrons. The minimum atomic E-state index is -0.642. The van der Waals surface area contributed by atoms with Crippen molar-refractivity contribution in [2.75, 3.05) is 24.1 Å². The molecule has 1 saturated heterocycles. The highest BCUT2D eigenvalue weighted by molar-refractivity contribution is 6.40. The lowest BCUT2D eigenvalue weighted by Crippen LogP contribution is -2.47. The van der Waals surface area contributed by atoms with Gasteiger partial charge in [0.05, 0.1) is 10.7 Å². The molecule has 1 aliphatic rings. The zero-order valence-corrected chi connectivity index (χ0v) is 13.0. The van der Waals surface area contributed by atoms with Crippen molar-refractivity contribution >= 4 is 34.8 Å². The lowest BCUT2D eigenvalue weighted by atomic mass is 9.92. The van der Waals surface area contributed by atoms with Crippen LogP contribution in [0.1, 0.15) is 20.3 Å². The molecule has 2 amide bonds. The molecule has 0 spiro atoms. The minimum absolute atomic E-state index is 0.348. The van der Waals surface area contributed by atoms with Crippen molar-refractivity contribution < 1.29 is 9.59 Å². The molecule has 21 heavy (non-hydrogen) atoms. The number of carbonyl (C=O) groups is 2. The maximum atomic E-state index is 12.2. The van der Waals surface area contributed by atoms with Crippen molar-refractivity contribution in [1.29, 1.82) is 0 Å². The average molecular weight is 310 g/mol. The van der Waals surface area contributed by atoms with Gasteiger partial charge >= 0.3 is 11.8 Å². The first kappa shape index (κ1) is 15.6. The Balaban J connectivity index is 2.02. The second-order valence-electron chi connectivity index (χ2n) is 5.85. The molecule has 1 aromatic rings. The zero-order chi connectivity index (χ0) is 15.6. The van der Waals surface area contributed by atoms with E-state index in [9.17, 15) is 9.59 Å². The molecule has 0 aliphatic carbocycles. The highest BCUT2D eigenvalue weighted by atomic mass is 35.5. The van der Waals surface area contributed by atoms with E-state index in [4.69, 9.17) is 17.3 Å². The van der Waals surface area contributed by atoms with Gasteiger partial charge in [-0.25, -0.2) is 0 Å². The number of anilines is 2. The Bertz CT molecular complexity index is 552. The van der Waals surface area contributed by atoms with Gasteiger partial charge in [0.25, 0.3) is 0 Å². The van der Waals surface area contributed by atoms with Crippen molar-refractivity contribution in [3.05, 3.63) is 23.2 Å². The Morgan fingerprint density at radius 1 is 1.29 bits per heavy atom. The van der Waals surface area contributed by atoms with Crippen LogP contribution in [0.2, 0.25) is 5.02 Å². The van der Waals surface area contributed by atoms with Gasteiger partial charge in [0.2, 0.25) is 0 Å². The lowest BCUT2D eigenvalue weighted by molar-refractivity contribution is -0.144. The van der Waals surface area contributed by atoms with Gasteiger partial charge in [0, 0.05) is 18.8 Å². The number of halogens is 1. The van der Waals surface area contributed by atoms with Crippen molar-refractivity contribution in [2.24, 2.45) is 11.8 Å². The number of nitrogen functional groups attached to an aromatic ring is 1. The number of hydrogen-bond acceptors (Lipinski definition) is 3. The monoisotopic (exact) mass is 309 g/mol. The van der Waals surface area contributed by atoms with Gasteiger partial charge in [0.15, 0.2) is 0 Å². The molecule has 114 valence electrons. The molecule has 2 unspecified atom stereocenters. The Kier molecular flexibility index (Phi) is 4.73. The van der Waals surface area contributed by atoms with E-state index in [1.54, 1.807) is 17.0 Å². The molecule has 0 aromatic heterocycles. The number of hydrogen-bond donors (Lipinski definition) is 2. The van der Waals surface area contributed by atoms with E-state index >= 15 is 0 Å². The van der Waals surface area contributed by atoms with E-state index in [1.165, 1.54) is 6.07 Å². The minimum Gasteiger partial charge on any atom is -0.398 e. The molecule has 2 atom stereocenters. The summed E-state index contributed by atoms with van der Waals surface area (Å²) in [7, 11) is 0. The van der Waals surface area contributed by atoms with Crippen LogP contribution in [0.4, 0.5) is 11.4 Å². The second kappa shape index (κ2) is 6.35. The number of amides is 2. The maximum absolute atomic E-state index is 12.2. The topological polar surface area (TPSA) is 75.4 Å². The van der Waals surface area contributed by atoms with Crippen LogP contribution in [0.15, 0.2) is 18.2 Å². The molecule has 0 saturated carbocycles. The van der Waals surface area contributed by atoms with Crippen LogP contribution in [0, 0.1) is 11.8 Å². The summed E-state index contributed by atoms with van der Waals surface area (Å²) in [5.74, 6) is -0.313. The smallest absolute Gasteiger partial charge is 0.313 e. The van der Waals surface area contributed by atoms with Gasteiger partial charge in [-0.2, -0.15) is 0 Å². The molecule has 1 heterocycles. The molecule has 5 nitrogen and oxygen atoms in total. The quantitative estimate of drug-likeness (QED) is 0.617. The number of piperidine rings is 1. The lowest BCUT2D eigenvalue weighted by Gasteiger charge is -2.34. The van der Waals surface area contributed by atoms with Crippen LogP contribution < -0.4 is 11.1 Å². The Hall–Kier alpha value is -1.75. The fourth-order valence-corrected chi connectivity index (χ4v) is 2.94. The van der Waals surface area contributed by atoms with Gasteiger partial charge in [-0.15, -0.1) is 0 Å². The number of rotatable bonds is 1. The SMILES string of the molecule is CC1CC(C)CN(C(=O)C(=O)Nc2ccc(N)c(Cl)c2)C1. The molecular weight excluding hydrogens is 290 g/mol. The van der Waals surface area contributed by atoms with Gasteiger partial charge in [-0.05, 0) is 36.5 Å². The van der Waals surface area contributed by atoms with Crippen molar-refractivity contribution in [2.45, 2.75) is 20.3 Å². The first-order valence-electron chi connectivity index (χ1n) is 7.02. The summed E-state index contributed by atoms with van der Waals surface area (Å²) in [6.45, 7) is 5.43. The highest BCUT2D eigenvalue weighted by Gasteiger charge is 2.29. The summed E-state index contributed by atoms with van der Waals surface area (Å²) < 4.78 is 0. The van der Waals surface area contributed by atoms with E-state index in [2.05, 4.69) is 19.2 Å². The van der Waals surface area contributed by atoms with Crippen molar-refractivity contribution in [1.82, 2.24) is 4.90 Å². The number of nitrogens with two attached hydrogens (primary N) is 1. The Morgan fingerprint density at radius 3 is 2.48 bits per heavy atom. The first-order chi connectivity index (χ1) is 9.86. The van der Waals surface area contributed by atoms with Gasteiger partial charge in [-0.1, -0.05) is 25.4 Å². The van der Waals surface area contributed by atoms with Crippen LogP contribution in [-0.4, -0.2) is 29.8 Å². The number of benzene rings is 1. The molecule has 3 N–H and O–H groups in total. The van der Waals surface area contributed by atoms with E-state index < -0.39 is 11.8 Å². The fraction of sp³-hybridized carbons (Fsp3) is 0.467. The number of likely N-dealkylation sites (tertiary alicyclic amines) is 1. The van der Waals surface area contributed by atoms with E-state index in [0.717, 1.165) is 6.42 Å². The number of nitrogens with zero attached hydrogens (tertiary/aromatic N) is 1. The Morgan fingerprint density at radius 2 is 1.90 bits per heavy atom. The van der Waals surface area contributed by atoms with E-state index in [-0.39, 0.29) is 0 Å². The fourth-order valence-electron chi connectivity index (χ4n) is 2.76. The van der Waals surface area contributed by atoms with Crippen LogP contribution in [0.25, 0.3) is 0 Å². The zero-order valence-electron chi connectivity index (χ0n) is 12.2. The van der Waals surface area contributed by atoms with Gasteiger partial charge < -0.3 is 16.0 Å². The Labute approximate surface area is 129 Å². The second-order valence-corrected chi connectivity index (χ2v) is 6.25. The molecule has 1 fully saturated rings. The largest absolute Gasteiger partial charge is 0.398 e. The average Bonchev–Trinajstić information content (AvgIpc) is 2.41. The third-order valence-corrected chi connectivity index (χ3v) is 3.94. The number of carbonyl (C=O) groups excluding carboxylic acids is 2. The van der Waals surface area contributed by atoms with E-state index in [0.29, 0.717) is 41.3 Å². The van der Waals surface area contributed by atoms with Crippen molar-refractivity contribution in [3.8, 4) is 0 Å². The predicted molar refractivity (Wildman–Crippen MR) is 84.0 cm³/mol. The first-order valence-corrected chi connectivity index (χ1v) is 7.40. The molecule has 6 heteroatoms. The summed E-state index contributed by atoms with van der Waals surface area (Å²) >= 11 is 5.89.